The first-order chi connectivity index (χ1) is 12.5. The molecule has 0 radical (unpaired) electrons. The largest absolute Gasteiger partial charge is 0.496 e. The summed E-state index contributed by atoms with van der Waals surface area (Å²) < 4.78 is 11.6. The summed E-state index contributed by atoms with van der Waals surface area (Å²) in [6, 6.07) is 7.47. The summed E-state index contributed by atoms with van der Waals surface area (Å²) in [6.45, 7) is 4.04. The SMILES string of the molecule is COc1ccccc1CNC(=O)CCn1nc(C)c2c(C)onc2c1=O. The van der Waals surface area contributed by atoms with Gasteiger partial charge in [0.1, 0.15) is 11.5 Å². The maximum Gasteiger partial charge on any atom is 0.296 e. The van der Waals surface area contributed by atoms with Crippen LogP contribution in [0.5, 0.6) is 5.75 Å². The van der Waals surface area contributed by atoms with Gasteiger partial charge < -0.3 is 14.6 Å². The maximum absolute atomic E-state index is 12.4. The van der Waals surface area contributed by atoms with E-state index in [9.17, 15) is 9.59 Å². The summed E-state index contributed by atoms with van der Waals surface area (Å²) in [4.78, 5) is 24.5. The molecule has 3 rings (SSSR count). The van der Waals surface area contributed by atoms with E-state index in [1.54, 1.807) is 21.0 Å². The fourth-order valence-corrected chi connectivity index (χ4v) is 2.83. The molecule has 0 aliphatic carbocycles. The first kappa shape index (κ1) is 17.7. The number of carbonyl (C=O) groups is 1. The Balaban J connectivity index is 1.66. The van der Waals surface area contributed by atoms with Crippen molar-refractivity contribution in [1.82, 2.24) is 20.3 Å². The van der Waals surface area contributed by atoms with Gasteiger partial charge in [0.05, 0.1) is 24.7 Å². The van der Waals surface area contributed by atoms with E-state index in [1.165, 1.54) is 4.68 Å². The topological polar surface area (TPSA) is 99.2 Å². The summed E-state index contributed by atoms with van der Waals surface area (Å²) in [5.74, 6) is 1.09. The summed E-state index contributed by atoms with van der Waals surface area (Å²) in [6.07, 6.45) is 0.129. The van der Waals surface area contributed by atoms with E-state index in [2.05, 4.69) is 15.6 Å². The Bertz CT molecular complexity index is 1010. The lowest BCUT2D eigenvalue weighted by atomic mass is 10.2. The molecule has 8 heteroatoms. The lowest BCUT2D eigenvalue weighted by molar-refractivity contribution is -0.121. The zero-order valence-electron chi connectivity index (χ0n) is 14.9. The van der Waals surface area contributed by atoms with Gasteiger partial charge in [-0.15, -0.1) is 0 Å². The van der Waals surface area contributed by atoms with E-state index in [0.29, 0.717) is 29.1 Å². The minimum Gasteiger partial charge on any atom is -0.496 e. The number of fused-ring (bicyclic) bond motifs is 1. The molecule has 0 saturated heterocycles. The van der Waals surface area contributed by atoms with Crippen molar-refractivity contribution >= 4 is 16.8 Å². The molecule has 26 heavy (non-hydrogen) atoms. The molecule has 0 unspecified atom stereocenters. The fraction of sp³-hybridized carbons (Fsp3) is 0.333. The number of rotatable bonds is 6. The standard InChI is InChI=1S/C18H20N4O4/c1-11-16-12(2)26-21-17(16)18(24)22(20-11)9-8-15(23)19-10-13-6-4-5-7-14(13)25-3/h4-7H,8-10H2,1-3H3,(H,19,23). The molecule has 3 aromatic rings. The molecule has 8 nitrogen and oxygen atoms in total. The van der Waals surface area contributed by atoms with Gasteiger partial charge in [0.15, 0.2) is 5.52 Å². The number of para-hydroxylation sites is 1. The minimum atomic E-state index is -0.361. The van der Waals surface area contributed by atoms with Gasteiger partial charge in [-0.25, -0.2) is 4.68 Å². The molecule has 136 valence electrons. The van der Waals surface area contributed by atoms with Crippen molar-refractivity contribution in [3.8, 4) is 5.75 Å². The molecule has 1 aromatic carbocycles. The van der Waals surface area contributed by atoms with Gasteiger partial charge in [-0.1, -0.05) is 23.4 Å². The number of aromatic nitrogens is 3. The molecule has 2 heterocycles. The molecule has 0 spiro atoms. The highest BCUT2D eigenvalue weighted by molar-refractivity contribution is 5.81. The second-order valence-electron chi connectivity index (χ2n) is 5.91. The van der Waals surface area contributed by atoms with E-state index in [4.69, 9.17) is 9.26 Å². The molecule has 0 atom stereocenters. The maximum atomic E-state index is 12.4. The Morgan fingerprint density at radius 3 is 2.85 bits per heavy atom. The van der Waals surface area contributed by atoms with Crippen molar-refractivity contribution in [2.75, 3.05) is 7.11 Å². The van der Waals surface area contributed by atoms with Crippen molar-refractivity contribution in [2.24, 2.45) is 0 Å². The van der Waals surface area contributed by atoms with E-state index < -0.39 is 0 Å². The number of aryl methyl sites for hydroxylation is 3. The molecule has 0 bridgehead atoms. The highest BCUT2D eigenvalue weighted by Gasteiger charge is 2.15. The van der Waals surface area contributed by atoms with Crippen LogP contribution < -0.4 is 15.6 Å². The normalized spacial score (nSPS) is 10.9. The molecule has 0 aliphatic heterocycles. The van der Waals surface area contributed by atoms with Gasteiger partial charge in [-0.2, -0.15) is 5.10 Å². The van der Waals surface area contributed by atoms with Gasteiger partial charge in [0.2, 0.25) is 5.91 Å². The Morgan fingerprint density at radius 2 is 2.08 bits per heavy atom. The quantitative estimate of drug-likeness (QED) is 0.722. The van der Waals surface area contributed by atoms with Gasteiger partial charge in [-0.3, -0.25) is 9.59 Å². The molecular weight excluding hydrogens is 336 g/mol. The first-order valence-corrected chi connectivity index (χ1v) is 8.23. The number of benzene rings is 1. The number of methoxy groups -OCH3 is 1. The van der Waals surface area contributed by atoms with Gasteiger partial charge in [0.25, 0.3) is 5.56 Å². The Hall–Kier alpha value is -3.16. The number of carbonyl (C=O) groups excluding carboxylic acids is 1. The monoisotopic (exact) mass is 356 g/mol. The number of hydrogen-bond donors (Lipinski definition) is 1. The number of amides is 1. The predicted octanol–water partition coefficient (Wildman–Crippen LogP) is 1.72. The fourth-order valence-electron chi connectivity index (χ4n) is 2.83. The van der Waals surface area contributed by atoms with E-state index in [1.807, 2.05) is 24.3 Å². The second-order valence-corrected chi connectivity index (χ2v) is 5.91. The van der Waals surface area contributed by atoms with Crippen molar-refractivity contribution in [1.29, 1.82) is 0 Å². The molecule has 0 saturated carbocycles. The zero-order valence-corrected chi connectivity index (χ0v) is 14.9. The van der Waals surface area contributed by atoms with E-state index in [0.717, 1.165) is 5.56 Å². The van der Waals surface area contributed by atoms with Crippen molar-refractivity contribution in [2.45, 2.75) is 33.4 Å². The lowest BCUT2D eigenvalue weighted by Crippen LogP contribution is -2.29. The zero-order chi connectivity index (χ0) is 18.7. The first-order valence-electron chi connectivity index (χ1n) is 8.23. The van der Waals surface area contributed by atoms with Crippen LogP contribution in [-0.4, -0.2) is 28.0 Å². The summed E-state index contributed by atoms with van der Waals surface area (Å²) in [5.41, 5.74) is 1.41. The number of nitrogens with zero attached hydrogens (tertiary/aromatic N) is 3. The van der Waals surface area contributed by atoms with Crippen LogP contribution in [0.4, 0.5) is 0 Å². The van der Waals surface area contributed by atoms with E-state index >= 15 is 0 Å². The predicted molar refractivity (Wildman–Crippen MR) is 95.0 cm³/mol. The second kappa shape index (κ2) is 7.38. The molecular formula is C18H20N4O4. The third kappa shape index (κ3) is 3.44. The summed E-state index contributed by atoms with van der Waals surface area (Å²) in [5, 5.41) is 11.5. The average molecular weight is 356 g/mol. The van der Waals surface area contributed by atoms with Crippen LogP contribution in [-0.2, 0) is 17.9 Å². The molecule has 1 N–H and O–H groups in total. The van der Waals surface area contributed by atoms with Crippen molar-refractivity contribution in [3.05, 3.63) is 51.6 Å². The summed E-state index contributed by atoms with van der Waals surface area (Å²) in [7, 11) is 1.59. The highest BCUT2D eigenvalue weighted by Crippen LogP contribution is 2.17. The lowest BCUT2D eigenvalue weighted by Gasteiger charge is -2.10. The Kier molecular flexibility index (Phi) is 5.01. The van der Waals surface area contributed by atoms with E-state index in [-0.39, 0.29) is 29.9 Å². The molecule has 2 aromatic heterocycles. The van der Waals surface area contributed by atoms with Gasteiger partial charge in [0, 0.05) is 18.5 Å². The smallest absolute Gasteiger partial charge is 0.296 e. The summed E-state index contributed by atoms with van der Waals surface area (Å²) >= 11 is 0. The van der Waals surface area contributed by atoms with Crippen LogP contribution >= 0.6 is 0 Å². The van der Waals surface area contributed by atoms with Crippen LogP contribution in [0, 0.1) is 13.8 Å². The minimum absolute atomic E-state index is 0.129. The molecule has 1 amide bonds. The van der Waals surface area contributed by atoms with Crippen molar-refractivity contribution in [3.63, 3.8) is 0 Å². The van der Waals surface area contributed by atoms with Crippen molar-refractivity contribution < 1.29 is 14.1 Å². The van der Waals surface area contributed by atoms with Crippen LogP contribution in [0.25, 0.3) is 10.9 Å². The molecule has 0 fully saturated rings. The highest BCUT2D eigenvalue weighted by atomic mass is 16.5. The Morgan fingerprint density at radius 1 is 1.31 bits per heavy atom. The number of ether oxygens (including phenoxy) is 1. The average Bonchev–Trinajstić information content (AvgIpc) is 3.04. The van der Waals surface area contributed by atoms with Gasteiger partial charge >= 0.3 is 0 Å². The Labute approximate surface area is 149 Å². The van der Waals surface area contributed by atoms with Crippen LogP contribution in [0.3, 0.4) is 0 Å². The van der Waals surface area contributed by atoms with Crippen LogP contribution in [0.15, 0.2) is 33.6 Å². The number of hydrogen-bond acceptors (Lipinski definition) is 6. The van der Waals surface area contributed by atoms with Crippen LogP contribution in [0.1, 0.15) is 23.4 Å². The number of nitrogens with one attached hydrogen (secondary N) is 1. The third-order valence-electron chi connectivity index (χ3n) is 4.15. The van der Waals surface area contributed by atoms with Gasteiger partial charge in [-0.05, 0) is 19.9 Å². The molecule has 0 aliphatic rings. The van der Waals surface area contributed by atoms with Crippen LogP contribution in [0.2, 0.25) is 0 Å². The third-order valence-corrected chi connectivity index (χ3v) is 4.15.